The zero-order chi connectivity index (χ0) is 17.2. The van der Waals surface area contributed by atoms with Crippen LogP contribution in [0.5, 0.6) is 5.75 Å². The molecule has 0 aliphatic rings. The molecule has 1 heterocycles. The van der Waals surface area contributed by atoms with Gasteiger partial charge < -0.3 is 14.4 Å². The predicted octanol–water partition coefficient (Wildman–Crippen LogP) is 4.41. The molecule has 4 nitrogen and oxygen atoms in total. The molecule has 5 heteroatoms. The van der Waals surface area contributed by atoms with E-state index >= 15 is 0 Å². The number of aliphatic hydroxyl groups excluding tert-OH is 1. The molecule has 1 aromatic heterocycles. The van der Waals surface area contributed by atoms with Crippen LogP contribution in [0.1, 0.15) is 5.82 Å². The number of imidazole rings is 1. The standard InChI is InChI=1S/C20H17ClN2O2/c21-16-6-8-18-19(12-16)23(9-10-24)20(22-18)13-25-17-7-5-14-3-1-2-4-15(14)11-17/h1-8,11-12,24H,9-10,13H2. The van der Waals surface area contributed by atoms with Gasteiger partial charge in [0.25, 0.3) is 0 Å². The van der Waals surface area contributed by atoms with Crippen LogP contribution in [0.15, 0.2) is 60.7 Å². The molecule has 0 bridgehead atoms. The van der Waals surface area contributed by atoms with Crippen LogP contribution in [0.2, 0.25) is 5.02 Å². The Hall–Kier alpha value is -2.56. The molecule has 0 radical (unpaired) electrons. The van der Waals surface area contributed by atoms with Gasteiger partial charge in [-0.1, -0.05) is 41.9 Å². The maximum absolute atomic E-state index is 9.37. The van der Waals surface area contributed by atoms with Crippen LogP contribution in [0.25, 0.3) is 21.8 Å². The number of fused-ring (bicyclic) bond motifs is 2. The Kier molecular flexibility index (Phi) is 4.30. The lowest BCUT2D eigenvalue weighted by Gasteiger charge is -2.10. The number of benzene rings is 3. The van der Waals surface area contributed by atoms with E-state index in [0.717, 1.165) is 28.0 Å². The normalized spacial score (nSPS) is 11.3. The first-order valence-corrected chi connectivity index (χ1v) is 8.49. The number of hydrogen-bond acceptors (Lipinski definition) is 3. The first-order valence-electron chi connectivity index (χ1n) is 8.12. The third-order valence-corrected chi connectivity index (χ3v) is 4.44. The molecule has 0 amide bonds. The van der Waals surface area contributed by atoms with E-state index in [4.69, 9.17) is 16.3 Å². The molecule has 0 aliphatic carbocycles. The van der Waals surface area contributed by atoms with E-state index in [9.17, 15) is 5.11 Å². The van der Waals surface area contributed by atoms with E-state index in [1.807, 2.05) is 53.1 Å². The lowest BCUT2D eigenvalue weighted by molar-refractivity contribution is 0.260. The second-order valence-corrected chi connectivity index (χ2v) is 6.27. The number of halogens is 1. The highest BCUT2D eigenvalue weighted by Gasteiger charge is 2.11. The molecule has 4 rings (SSSR count). The number of aliphatic hydroxyl groups is 1. The number of aromatic nitrogens is 2. The summed E-state index contributed by atoms with van der Waals surface area (Å²) in [6.07, 6.45) is 0. The highest BCUT2D eigenvalue weighted by molar-refractivity contribution is 6.31. The van der Waals surface area contributed by atoms with Crippen molar-refractivity contribution in [1.82, 2.24) is 9.55 Å². The average molecular weight is 353 g/mol. The molecular weight excluding hydrogens is 336 g/mol. The largest absolute Gasteiger partial charge is 0.486 e. The van der Waals surface area contributed by atoms with Crippen LogP contribution in [0.3, 0.4) is 0 Å². The summed E-state index contributed by atoms with van der Waals surface area (Å²) in [5.41, 5.74) is 1.74. The van der Waals surface area contributed by atoms with E-state index in [2.05, 4.69) is 17.1 Å². The van der Waals surface area contributed by atoms with Gasteiger partial charge in [0.1, 0.15) is 18.2 Å². The van der Waals surface area contributed by atoms with Gasteiger partial charge in [-0.2, -0.15) is 0 Å². The Bertz CT molecular complexity index is 1040. The zero-order valence-corrected chi connectivity index (χ0v) is 14.3. The molecule has 0 fully saturated rings. The second-order valence-electron chi connectivity index (χ2n) is 5.83. The highest BCUT2D eigenvalue weighted by atomic mass is 35.5. The number of nitrogens with zero attached hydrogens (tertiary/aromatic N) is 2. The number of hydrogen-bond donors (Lipinski definition) is 1. The van der Waals surface area contributed by atoms with Gasteiger partial charge in [0.15, 0.2) is 0 Å². The third kappa shape index (κ3) is 3.18. The van der Waals surface area contributed by atoms with E-state index in [-0.39, 0.29) is 6.61 Å². The summed E-state index contributed by atoms with van der Waals surface area (Å²) in [4.78, 5) is 4.62. The molecule has 3 aromatic carbocycles. The lowest BCUT2D eigenvalue weighted by Crippen LogP contribution is -2.09. The number of ether oxygens (including phenoxy) is 1. The summed E-state index contributed by atoms with van der Waals surface area (Å²) < 4.78 is 7.90. The van der Waals surface area contributed by atoms with Crippen molar-refractivity contribution in [3.05, 3.63) is 71.5 Å². The molecule has 0 saturated carbocycles. The average Bonchev–Trinajstić information content (AvgIpc) is 2.97. The molecular formula is C20H17ClN2O2. The van der Waals surface area contributed by atoms with Crippen molar-refractivity contribution >= 4 is 33.4 Å². The van der Waals surface area contributed by atoms with E-state index in [0.29, 0.717) is 18.2 Å². The quantitative estimate of drug-likeness (QED) is 0.578. The van der Waals surface area contributed by atoms with Gasteiger partial charge in [-0.05, 0) is 41.1 Å². The second kappa shape index (κ2) is 6.75. The summed E-state index contributed by atoms with van der Waals surface area (Å²) in [6, 6.07) is 19.7. The minimum atomic E-state index is 0.0287. The lowest BCUT2D eigenvalue weighted by atomic mass is 10.1. The summed E-state index contributed by atoms with van der Waals surface area (Å²) in [5.74, 6) is 1.55. The Morgan fingerprint density at radius 1 is 1.00 bits per heavy atom. The van der Waals surface area contributed by atoms with Crippen LogP contribution in [0, 0.1) is 0 Å². The topological polar surface area (TPSA) is 47.3 Å². The first-order chi connectivity index (χ1) is 12.2. The van der Waals surface area contributed by atoms with Crippen molar-refractivity contribution in [2.75, 3.05) is 6.61 Å². The SMILES string of the molecule is OCCn1c(COc2ccc3ccccc3c2)nc2ccc(Cl)cc21. The van der Waals surface area contributed by atoms with Crippen LogP contribution < -0.4 is 4.74 Å². The molecule has 0 spiro atoms. The predicted molar refractivity (Wildman–Crippen MR) is 100 cm³/mol. The minimum Gasteiger partial charge on any atom is -0.486 e. The maximum atomic E-state index is 9.37. The van der Waals surface area contributed by atoms with Crippen molar-refractivity contribution in [2.45, 2.75) is 13.2 Å². The van der Waals surface area contributed by atoms with Crippen LogP contribution in [-0.2, 0) is 13.2 Å². The van der Waals surface area contributed by atoms with Gasteiger partial charge in [-0.15, -0.1) is 0 Å². The van der Waals surface area contributed by atoms with Gasteiger partial charge in [0, 0.05) is 11.6 Å². The minimum absolute atomic E-state index is 0.0287. The molecule has 0 saturated heterocycles. The fraction of sp³-hybridized carbons (Fsp3) is 0.150. The Morgan fingerprint density at radius 3 is 2.68 bits per heavy atom. The van der Waals surface area contributed by atoms with Gasteiger partial charge in [-0.25, -0.2) is 4.98 Å². The van der Waals surface area contributed by atoms with E-state index in [1.54, 1.807) is 0 Å². The van der Waals surface area contributed by atoms with Gasteiger partial charge in [-0.3, -0.25) is 0 Å². The fourth-order valence-corrected chi connectivity index (χ4v) is 3.18. The van der Waals surface area contributed by atoms with Crippen molar-refractivity contribution in [1.29, 1.82) is 0 Å². The Labute approximate surface area is 150 Å². The molecule has 0 atom stereocenters. The van der Waals surface area contributed by atoms with Crippen LogP contribution in [0.4, 0.5) is 0 Å². The summed E-state index contributed by atoms with van der Waals surface area (Å²) in [6.45, 7) is 0.804. The summed E-state index contributed by atoms with van der Waals surface area (Å²) in [7, 11) is 0. The molecule has 0 aliphatic heterocycles. The molecule has 1 N–H and O–H groups in total. The van der Waals surface area contributed by atoms with Crippen molar-refractivity contribution in [3.63, 3.8) is 0 Å². The van der Waals surface area contributed by atoms with Gasteiger partial charge in [0.2, 0.25) is 0 Å². The summed E-state index contributed by atoms with van der Waals surface area (Å²) >= 11 is 6.09. The third-order valence-electron chi connectivity index (χ3n) is 4.20. The van der Waals surface area contributed by atoms with Gasteiger partial charge in [0.05, 0.1) is 17.6 Å². The highest BCUT2D eigenvalue weighted by Crippen LogP contribution is 2.24. The van der Waals surface area contributed by atoms with Crippen molar-refractivity contribution in [3.8, 4) is 5.75 Å². The molecule has 25 heavy (non-hydrogen) atoms. The van der Waals surface area contributed by atoms with E-state index < -0.39 is 0 Å². The number of rotatable bonds is 5. The first kappa shape index (κ1) is 15.9. The van der Waals surface area contributed by atoms with E-state index in [1.165, 1.54) is 5.39 Å². The van der Waals surface area contributed by atoms with Crippen molar-refractivity contribution < 1.29 is 9.84 Å². The van der Waals surface area contributed by atoms with Crippen LogP contribution in [-0.4, -0.2) is 21.3 Å². The monoisotopic (exact) mass is 352 g/mol. The molecule has 4 aromatic rings. The van der Waals surface area contributed by atoms with Gasteiger partial charge >= 0.3 is 0 Å². The Balaban J connectivity index is 1.64. The summed E-state index contributed by atoms with van der Waals surface area (Å²) in [5, 5.41) is 12.3. The Morgan fingerprint density at radius 2 is 1.84 bits per heavy atom. The van der Waals surface area contributed by atoms with Crippen molar-refractivity contribution in [2.24, 2.45) is 0 Å². The fourth-order valence-electron chi connectivity index (χ4n) is 3.01. The van der Waals surface area contributed by atoms with Crippen LogP contribution >= 0.6 is 11.6 Å². The molecule has 126 valence electrons. The molecule has 0 unspecified atom stereocenters. The zero-order valence-electron chi connectivity index (χ0n) is 13.5. The maximum Gasteiger partial charge on any atom is 0.148 e. The smallest absolute Gasteiger partial charge is 0.148 e.